The summed E-state index contributed by atoms with van der Waals surface area (Å²) in [5.74, 6) is 0. The molecule has 0 aliphatic heterocycles. The molecule has 1 aromatic heterocycles. The molecule has 1 aromatic rings. The van der Waals surface area contributed by atoms with Crippen LogP contribution in [0, 0.1) is 6.92 Å². The van der Waals surface area contributed by atoms with Crippen LogP contribution in [0.4, 0.5) is 0 Å². The molecule has 0 amide bonds. The van der Waals surface area contributed by atoms with Crippen LogP contribution >= 0.6 is 0 Å². The van der Waals surface area contributed by atoms with Gasteiger partial charge in [-0.2, -0.15) is 0 Å². The lowest BCUT2D eigenvalue weighted by Crippen LogP contribution is -2.13. The number of aryl methyl sites for hydroxylation is 1. The van der Waals surface area contributed by atoms with Gasteiger partial charge in [0.2, 0.25) is 0 Å². The summed E-state index contributed by atoms with van der Waals surface area (Å²) >= 11 is 0. The van der Waals surface area contributed by atoms with E-state index < -0.39 is 0 Å². The average molecular weight is 247 g/mol. The highest BCUT2D eigenvalue weighted by Crippen LogP contribution is 2.07. The van der Waals surface area contributed by atoms with E-state index in [0.29, 0.717) is 0 Å². The van der Waals surface area contributed by atoms with Crippen LogP contribution in [0.25, 0.3) is 6.20 Å². The van der Waals surface area contributed by atoms with Crippen molar-refractivity contribution in [3.63, 3.8) is 0 Å². The molecule has 0 atom stereocenters. The van der Waals surface area contributed by atoms with E-state index in [-0.39, 0.29) is 5.56 Å². The summed E-state index contributed by atoms with van der Waals surface area (Å²) < 4.78 is 1.66. The van der Waals surface area contributed by atoms with Gasteiger partial charge in [0.1, 0.15) is 0 Å². The number of rotatable bonds is 8. The first-order chi connectivity index (χ1) is 8.74. The van der Waals surface area contributed by atoms with Gasteiger partial charge < -0.3 is 0 Å². The predicted octanol–water partition coefficient (Wildman–Crippen LogP) is 4.38. The Labute approximate surface area is 110 Å². The second kappa shape index (κ2) is 8.73. The van der Waals surface area contributed by atoms with Gasteiger partial charge in [0.15, 0.2) is 0 Å². The summed E-state index contributed by atoms with van der Waals surface area (Å²) in [6, 6.07) is 3.46. The third kappa shape index (κ3) is 5.85. The molecule has 0 spiro atoms. The van der Waals surface area contributed by atoms with Crippen molar-refractivity contribution in [2.24, 2.45) is 0 Å². The Morgan fingerprint density at radius 2 is 1.83 bits per heavy atom. The fraction of sp³-hybridized carbons (Fsp3) is 0.562. The van der Waals surface area contributed by atoms with Crippen LogP contribution in [0.3, 0.4) is 0 Å². The fourth-order valence-corrected chi connectivity index (χ4v) is 1.96. The maximum atomic E-state index is 11.5. The molecule has 0 saturated heterocycles. The second-order valence-corrected chi connectivity index (χ2v) is 4.89. The van der Waals surface area contributed by atoms with Crippen LogP contribution in [-0.2, 0) is 0 Å². The molecular formula is C16H25NO. The first-order valence-electron chi connectivity index (χ1n) is 7.09. The van der Waals surface area contributed by atoms with Gasteiger partial charge in [-0.15, -0.1) is 0 Å². The van der Waals surface area contributed by atoms with Crippen molar-refractivity contribution in [3.8, 4) is 0 Å². The lowest BCUT2D eigenvalue weighted by Gasteiger charge is -2.00. The number of unbranched alkanes of at least 4 members (excludes halogenated alkanes) is 6. The standard InChI is InChI=1S/C16H25NO/c1-3-4-5-6-7-8-9-10-13-17-14-15(2)11-12-16(17)18/h10-14H,3-9H2,1-2H3/b13-10+. The van der Waals surface area contributed by atoms with Gasteiger partial charge in [0.05, 0.1) is 0 Å². The van der Waals surface area contributed by atoms with E-state index in [1.165, 1.54) is 38.5 Å². The molecule has 0 aliphatic carbocycles. The SMILES string of the molecule is CCCCCCCC/C=C/n1cc(C)ccc1=O. The van der Waals surface area contributed by atoms with Gasteiger partial charge in [-0.3, -0.25) is 9.36 Å². The predicted molar refractivity (Wildman–Crippen MR) is 78.8 cm³/mol. The third-order valence-corrected chi connectivity index (χ3v) is 3.08. The van der Waals surface area contributed by atoms with E-state index in [2.05, 4.69) is 13.0 Å². The highest BCUT2D eigenvalue weighted by Gasteiger charge is 1.91. The quantitative estimate of drug-likeness (QED) is 0.625. The number of allylic oxidation sites excluding steroid dienone is 1. The summed E-state index contributed by atoms with van der Waals surface area (Å²) in [6.07, 6.45) is 14.8. The topological polar surface area (TPSA) is 22.0 Å². The monoisotopic (exact) mass is 247 g/mol. The molecule has 0 saturated carbocycles. The molecule has 0 aliphatic rings. The maximum Gasteiger partial charge on any atom is 0.254 e. The highest BCUT2D eigenvalue weighted by atomic mass is 16.1. The summed E-state index contributed by atoms with van der Waals surface area (Å²) in [5, 5.41) is 0. The first kappa shape index (κ1) is 14.7. The summed E-state index contributed by atoms with van der Waals surface area (Å²) in [4.78, 5) is 11.5. The second-order valence-electron chi connectivity index (χ2n) is 4.89. The summed E-state index contributed by atoms with van der Waals surface area (Å²) in [5.41, 5.74) is 1.15. The van der Waals surface area contributed by atoms with Crippen LogP contribution < -0.4 is 5.56 Å². The number of aromatic nitrogens is 1. The Hall–Kier alpha value is -1.31. The van der Waals surface area contributed by atoms with E-state index in [1.54, 1.807) is 10.6 Å². The van der Waals surface area contributed by atoms with Crippen LogP contribution in [0.5, 0.6) is 0 Å². The Morgan fingerprint density at radius 1 is 1.11 bits per heavy atom. The molecule has 0 unspecified atom stereocenters. The van der Waals surface area contributed by atoms with Gasteiger partial charge in [-0.1, -0.05) is 51.2 Å². The summed E-state index contributed by atoms with van der Waals surface area (Å²) in [6.45, 7) is 4.24. The van der Waals surface area contributed by atoms with E-state index in [4.69, 9.17) is 0 Å². The van der Waals surface area contributed by atoms with E-state index in [9.17, 15) is 4.79 Å². The van der Waals surface area contributed by atoms with Crippen molar-refractivity contribution >= 4 is 6.20 Å². The smallest absolute Gasteiger partial charge is 0.254 e. The lowest BCUT2D eigenvalue weighted by molar-refractivity contribution is 0.611. The van der Waals surface area contributed by atoms with E-state index >= 15 is 0 Å². The summed E-state index contributed by atoms with van der Waals surface area (Å²) in [7, 11) is 0. The van der Waals surface area contributed by atoms with Gasteiger partial charge in [0, 0.05) is 18.5 Å². The first-order valence-corrected chi connectivity index (χ1v) is 7.09. The van der Waals surface area contributed by atoms with Gasteiger partial charge in [-0.25, -0.2) is 0 Å². The Kier molecular flexibility index (Phi) is 7.16. The van der Waals surface area contributed by atoms with Crippen LogP contribution in [0.2, 0.25) is 0 Å². The zero-order valence-corrected chi connectivity index (χ0v) is 11.7. The van der Waals surface area contributed by atoms with Crippen molar-refractivity contribution in [3.05, 3.63) is 40.3 Å². The minimum Gasteiger partial charge on any atom is -0.291 e. The number of hydrogen-bond acceptors (Lipinski definition) is 1. The van der Waals surface area contributed by atoms with Crippen molar-refractivity contribution in [1.29, 1.82) is 0 Å². The molecule has 1 rings (SSSR count). The average Bonchev–Trinajstić information content (AvgIpc) is 2.36. The largest absolute Gasteiger partial charge is 0.291 e. The normalized spacial score (nSPS) is 11.2. The molecule has 100 valence electrons. The van der Waals surface area contributed by atoms with Crippen LogP contribution in [0.15, 0.2) is 29.2 Å². The van der Waals surface area contributed by atoms with Gasteiger partial charge >= 0.3 is 0 Å². The number of hydrogen-bond donors (Lipinski definition) is 0. The highest BCUT2D eigenvalue weighted by molar-refractivity contribution is 5.24. The van der Waals surface area contributed by atoms with Gasteiger partial charge in [-0.05, 0) is 25.3 Å². The van der Waals surface area contributed by atoms with Crippen molar-refractivity contribution in [2.45, 2.75) is 58.8 Å². The molecule has 0 N–H and O–H groups in total. The number of pyridine rings is 1. The molecule has 1 heterocycles. The molecule has 2 heteroatoms. The van der Waals surface area contributed by atoms with Crippen LogP contribution in [0.1, 0.15) is 57.4 Å². The van der Waals surface area contributed by atoms with Crippen molar-refractivity contribution in [2.75, 3.05) is 0 Å². The van der Waals surface area contributed by atoms with Crippen LogP contribution in [-0.4, -0.2) is 4.57 Å². The third-order valence-electron chi connectivity index (χ3n) is 3.08. The minimum atomic E-state index is 0.0415. The van der Waals surface area contributed by atoms with Gasteiger partial charge in [0.25, 0.3) is 5.56 Å². The molecule has 0 fully saturated rings. The molecule has 18 heavy (non-hydrogen) atoms. The zero-order valence-electron chi connectivity index (χ0n) is 11.7. The maximum absolute atomic E-state index is 11.5. The van der Waals surface area contributed by atoms with Crippen molar-refractivity contribution in [1.82, 2.24) is 4.57 Å². The lowest BCUT2D eigenvalue weighted by atomic mass is 10.1. The number of nitrogens with zero attached hydrogens (tertiary/aromatic N) is 1. The van der Waals surface area contributed by atoms with E-state index in [1.807, 2.05) is 25.4 Å². The molecular weight excluding hydrogens is 222 g/mol. The van der Waals surface area contributed by atoms with Crippen molar-refractivity contribution < 1.29 is 0 Å². The zero-order chi connectivity index (χ0) is 13.2. The molecule has 0 bridgehead atoms. The molecule has 0 aromatic carbocycles. The Morgan fingerprint density at radius 3 is 2.61 bits per heavy atom. The minimum absolute atomic E-state index is 0.0415. The fourth-order valence-electron chi connectivity index (χ4n) is 1.96. The molecule has 0 radical (unpaired) electrons. The molecule has 2 nitrogen and oxygen atoms in total. The van der Waals surface area contributed by atoms with E-state index in [0.717, 1.165) is 12.0 Å². The Bertz CT molecular complexity index is 417. The Balaban J connectivity index is 2.24.